The van der Waals surface area contributed by atoms with Gasteiger partial charge in [0, 0.05) is 18.7 Å². The van der Waals surface area contributed by atoms with E-state index in [4.69, 9.17) is 4.74 Å². The normalized spacial score (nSPS) is 13.7. The molecule has 104 valence electrons. The maximum atomic E-state index is 11.7. The van der Waals surface area contributed by atoms with Crippen LogP contribution in [0.1, 0.15) is 19.4 Å². The molecule has 0 amide bonds. The Morgan fingerprint density at radius 1 is 1.56 bits per heavy atom. The Morgan fingerprint density at radius 3 is 2.94 bits per heavy atom. The molecule has 1 rings (SSSR count). The Morgan fingerprint density at radius 2 is 2.33 bits per heavy atom. The van der Waals surface area contributed by atoms with E-state index < -0.39 is 10.0 Å². The van der Waals surface area contributed by atoms with Gasteiger partial charge in [-0.25, -0.2) is 13.1 Å². The Bertz CT molecular complexity index is 416. The van der Waals surface area contributed by atoms with Gasteiger partial charge in [-0.3, -0.25) is 0 Å². The van der Waals surface area contributed by atoms with Gasteiger partial charge in [0.25, 0.3) is 0 Å². The van der Waals surface area contributed by atoms with Crippen LogP contribution in [0, 0.1) is 5.92 Å². The number of aromatic nitrogens is 1. The lowest BCUT2D eigenvalue weighted by atomic mass is 10.2. The van der Waals surface area contributed by atoms with E-state index in [2.05, 4.69) is 14.4 Å². The Hall–Kier alpha value is -0.920. The van der Waals surface area contributed by atoms with E-state index in [0.717, 1.165) is 5.56 Å². The molecule has 0 aromatic carbocycles. The van der Waals surface area contributed by atoms with Gasteiger partial charge in [-0.15, -0.1) is 0 Å². The second-order valence-electron chi connectivity index (χ2n) is 4.22. The van der Waals surface area contributed by atoms with Crippen LogP contribution in [0.2, 0.25) is 0 Å². The number of nitrogens with zero attached hydrogens (tertiary/aromatic N) is 1. The summed E-state index contributed by atoms with van der Waals surface area (Å²) < 4.78 is 35.9. The van der Waals surface area contributed by atoms with Gasteiger partial charge < -0.3 is 9.26 Å². The zero-order valence-corrected chi connectivity index (χ0v) is 11.6. The second-order valence-corrected chi connectivity index (χ2v) is 6.07. The molecule has 0 saturated carbocycles. The van der Waals surface area contributed by atoms with E-state index in [1.54, 1.807) is 6.20 Å². The molecule has 0 spiro atoms. The summed E-state index contributed by atoms with van der Waals surface area (Å²) >= 11 is 0. The third-order valence-electron chi connectivity index (χ3n) is 2.33. The van der Waals surface area contributed by atoms with Crippen molar-refractivity contribution in [1.29, 1.82) is 0 Å². The zero-order valence-electron chi connectivity index (χ0n) is 10.8. The molecule has 0 aliphatic carbocycles. The van der Waals surface area contributed by atoms with Gasteiger partial charge in [0.2, 0.25) is 10.0 Å². The lowest BCUT2D eigenvalue weighted by Gasteiger charge is -2.12. The van der Waals surface area contributed by atoms with Crippen molar-refractivity contribution >= 4 is 10.0 Å². The minimum Gasteiger partial charge on any atom is -0.381 e. The molecule has 1 atom stereocenters. The third-order valence-corrected chi connectivity index (χ3v) is 3.98. The molecular weight excluding hydrogens is 256 g/mol. The highest BCUT2D eigenvalue weighted by Crippen LogP contribution is 2.02. The summed E-state index contributed by atoms with van der Waals surface area (Å²) in [6.45, 7) is 5.16. The molecule has 0 aliphatic heterocycles. The van der Waals surface area contributed by atoms with E-state index in [1.165, 1.54) is 6.26 Å². The smallest absolute Gasteiger partial charge is 0.211 e. The van der Waals surface area contributed by atoms with Crippen molar-refractivity contribution in [2.45, 2.75) is 20.3 Å². The molecule has 0 aliphatic rings. The molecule has 0 unspecified atom stereocenters. The molecule has 0 fully saturated rings. The number of sulfonamides is 1. The van der Waals surface area contributed by atoms with E-state index in [0.29, 0.717) is 26.2 Å². The Labute approximate surface area is 108 Å². The van der Waals surface area contributed by atoms with Crippen LogP contribution in [-0.2, 0) is 21.2 Å². The van der Waals surface area contributed by atoms with Crippen LogP contribution in [0.25, 0.3) is 0 Å². The lowest BCUT2D eigenvalue weighted by molar-refractivity contribution is 0.122. The van der Waals surface area contributed by atoms with E-state index in [1.807, 2.05) is 13.8 Å². The third kappa shape index (κ3) is 6.13. The van der Waals surface area contributed by atoms with Crippen molar-refractivity contribution in [2.24, 2.45) is 5.92 Å². The molecule has 0 saturated heterocycles. The van der Waals surface area contributed by atoms with Crippen LogP contribution in [0.4, 0.5) is 0 Å². The van der Waals surface area contributed by atoms with Crippen molar-refractivity contribution in [3.05, 3.63) is 18.0 Å². The topological polar surface area (TPSA) is 81.4 Å². The van der Waals surface area contributed by atoms with Crippen LogP contribution >= 0.6 is 0 Å². The molecule has 1 aromatic rings. The van der Waals surface area contributed by atoms with Gasteiger partial charge in [-0.2, -0.15) is 0 Å². The molecule has 1 N–H and O–H groups in total. The van der Waals surface area contributed by atoms with E-state index in [-0.39, 0.29) is 11.7 Å². The predicted octanol–water partition coefficient (Wildman–Crippen LogP) is 0.809. The van der Waals surface area contributed by atoms with Crippen molar-refractivity contribution < 1.29 is 17.7 Å². The summed E-state index contributed by atoms with van der Waals surface area (Å²) in [6.07, 6.45) is 3.65. The summed E-state index contributed by atoms with van der Waals surface area (Å²) in [5.74, 6) is 0.0643. The summed E-state index contributed by atoms with van der Waals surface area (Å²) in [6, 6.07) is 0. The Kier molecular flexibility index (Phi) is 6.31. The molecular formula is C11H20N2O4S. The minimum atomic E-state index is -3.25. The summed E-state index contributed by atoms with van der Waals surface area (Å²) in [7, 11) is -3.25. The first-order chi connectivity index (χ1) is 8.53. The SMILES string of the molecule is CCOC[C@H](C)CS(=O)(=O)NCCc1cnoc1. The number of nitrogens with one attached hydrogen (secondary N) is 1. The van der Waals surface area contributed by atoms with Crippen LogP contribution in [0.3, 0.4) is 0 Å². The molecule has 0 radical (unpaired) electrons. The zero-order chi connectivity index (χ0) is 13.4. The van der Waals surface area contributed by atoms with Crippen LogP contribution in [-0.4, -0.2) is 39.1 Å². The van der Waals surface area contributed by atoms with E-state index in [9.17, 15) is 8.42 Å². The first-order valence-corrected chi connectivity index (χ1v) is 7.62. The highest BCUT2D eigenvalue weighted by Gasteiger charge is 2.15. The second kappa shape index (κ2) is 7.50. The molecule has 0 bridgehead atoms. The van der Waals surface area contributed by atoms with Crippen LogP contribution < -0.4 is 4.72 Å². The quantitative estimate of drug-likeness (QED) is 0.722. The van der Waals surface area contributed by atoms with Crippen molar-refractivity contribution in [3.8, 4) is 0 Å². The van der Waals surface area contributed by atoms with E-state index >= 15 is 0 Å². The Balaban J connectivity index is 2.26. The molecule has 7 heteroatoms. The number of hydrogen-bond acceptors (Lipinski definition) is 5. The fourth-order valence-electron chi connectivity index (χ4n) is 1.50. The average molecular weight is 276 g/mol. The van der Waals surface area contributed by atoms with Gasteiger partial charge >= 0.3 is 0 Å². The highest BCUT2D eigenvalue weighted by atomic mass is 32.2. The monoisotopic (exact) mass is 276 g/mol. The number of ether oxygens (including phenoxy) is 1. The van der Waals surface area contributed by atoms with Crippen molar-refractivity contribution in [2.75, 3.05) is 25.5 Å². The van der Waals surface area contributed by atoms with Gasteiger partial charge in [0.05, 0.1) is 18.6 Å². The van der Waals surface area contributed by atoms with Gasteiger partial charge in [0.15, 0.2) is 0 Å². The van der Waals surface area contributed by atoms with Gasteiger partial charge in [-0.1, -0.05) is 12.1 Å². The highest BCUT2D eigenvalue weighted by molar-refractivity contribution is 7.89. The molecule has 1 aromatic heterocycles. The minimum absolute atomic E-state index is 0.0157. The fraction of sp³-hybridized carbons (Fsp3) is 0.727. The fourth-order valence-corrected chi connectivity index (χ4v) is 2.88. The molecule has 1 heterocycles. The first-order valence-electron chi connectivity index (χ1n) is 5.97. The lowest BCUT2D eigenvalue weighted by Crippen LogP contribution is -2.31. The number of hydrogen-bond donors (Lipinski definition) is 1. The maximum Gasteiger partial charge on any atom is 0.211 e. The van der Waals surface area contributed by atoms with Crippen molar-refractivity contribution in [1.82, 2.24) is 9.88 Å². The first kappa shape index (κ1) is 15.1. The predicted molar refractivity (Wildman–Crippen MR) is 67.7 cm³/mol. The molecule has 6 nitrogen and oxygen atoms in total. The summed E-state index contributed by atoms with van der Waals surface area (Å²) in [5.41, 5.74) is 0.875. The average Bonchev–Trinajstić information content (AvgIpc) is 2.78. The van der Waals surface area contributed by atoms with Gasteiger partial charge in [-0.05, 0) is 19.3 Å². The molecule has 18 heavy (non-hydrogen) atoms. The summed E-state index contributed by atoms with van der Waals surface area (Å²) in [4.78, 5) is 0. The van der Waals surface area contributed by atoms with Crippen LogP contribution in [0.5, 0.6) is 0 Å². The standard InChI is InChI=1S/C11H20N2O4S/c1-3-16-7-10(2)9-18(14,15)13-5-4-11-6-12-17-8-11/h6,8,10,13H,3-5,7,9H2,1-2H3/t10-/m0/s1. The largest absolute Gasteiger partial charge is 0.381 e. The number of rotatable bonds is 9. The maximum absolute atomic E-state index is 11.7. The summed E-state index contributed by atoms with van der Waals surface area (Å²) in [5, 5.41) is 3.55. The van der Waals surface area contributed by atoms with Crippen molar-refractivity contribution in [3.63, 3.8) is 0 Å². The van der Waals surface area contributed by atoms with Crippen LogP contribution in [0.15, 0.2) is 17.0 Å². The van der Waals surface area contributed by atoms with Gasteiger partial charge in [0.1, 0.15) is 6.26 Å².